The van der Waals surface area contributed by atoms with Crippen LogP contribution in [0.15, 0.2) is 0 Å². The topological polar surface area (TPSA) is 105 Å². The van der Waals surface area contributed by atoms with Crippen LogP contribution in [0, 0.1) is 0 Å². The maximum Gasteiger partial charge on any atom is 0.412 e. The maximum absolute atomic E-state index is 12.3. The molecule has 0 saturated carbocycles. The fraction of sp³-hybridized carbons (Fsp3) is 0.800. The van der Waals surface area contributed by atoms with E-state index in [1.807, 2.05) is 0 Å². The van der Waals surface area contributed by atoms with E-state index in [2.05, 4.69) is 5.32 Å². The Hall–Kier alpha value is -1.99. The summed E-state index contributed by atoms with van der Waals surface area (Å²) in [7, 11) is 0. The number of alkyl carbamates (subject to hydrolysis) is 1. The van der Waals surface area contributed by atoms with E-state index in [4.69, 9.17) is 9.47 Å². The van der Waals surface area contributed by atoms with Crippen LogP contribution in [0.3, 0.4) is 0 Å². The van der Waals surface area contributed by atoms with Gasteiger partial charge < -0.3 is 14.6 Å². The van der Waals surface area contributed by atoms with Gasteiger partial charge in [0.1, 0.15) is 11.2 Å². The van der Waals surface area contributed by atoms with Gasteiger partial charge in [-0.1, -0.05) is 0 Å². The van der Waals surface area contributed by atoms with Crippen LogP contribution in [0.25, 0.3) is 0 Å². The van der Waals surface area contributed by atoms with Crippen molar-refractivity contribution in [2.75, 3.05) is 6.54 Å². The number of ether oxygens (including phenoxy) is 2. The Morgan fingerprint density at radius 2 is 1.57 bits per heavy atom. The van der Waals surface area contributed by atoms with Crippen molar-refractivity contribution in [1.82, 2.24) is 10.2 Å². The van der Waals surface area contributed by atoms with Crippen LogP contribution in [0.5, 0.6) is 0 Å². The number of amides is 2. The summed E-state index contributed by atoms with van der Waals surface area (Å²) in [4.78, 5) is 37.1. The van der Waals surface area contributed by atoms with Crippen LogP contribution in [0.1, 0.15) is 54.4 Å². The second kappa shape index (κ2) is 6.25. The lowest BCUT2D eigenvalue weighted by Crippen LogP contribution is -2.64. The highest BCUT2D eigenvalue weighted by Crippen LogP contribution is 2.29. The summed E-state index contributed by atoms with van der Waals surface area (Å²) >= 11 is 0. The number of aliphatic carboxylic acids is 1. The fourth-order valence-electron chi connectivity index (χ4n) is 2.26. The van der Waals surface area contributed by atoms with Crippen LogP contribution in [0.2, 0.25) is 0 Å². The lowest BCUT2D eigenvalue weighted by molar-refractivity contribution is -0.151. The molecule has 1 heterocycles. The zero-order chi connectivity index (χ0) is 18.1. The molecule has 8 nitrogen and oxygen atoms in total. The molecule has 8 heteroatoms. The van der Waals surface area contributed by atoms with Crippen molar-refractivity contribution in [3.05, 3.63) is 0 Å². The first-order chi connectivity index (χ1) is 10.3. The highest BCUT2D eigenvalue weighted by molar-refractivity contribution is 5.88. The Morgan fingerprint density at radius 1 is 1.04 bits per heavy atom. The van der Waals surface area contributed by atoms with Crippen molar-refractivity contribution in [3.63, 3.8) is 0 Å². The second-order valence-corrected chi connectivity index (χ2v) is 7.53. The van der Waals surface area contributed by atoms with E-state index < -0.39 is 35.0 Å². The first-order valence-corrected chi connectivity index (χ1v) is 7.52. The predicted octanol–water partition coefficient (Wildman–Crippen LogP) is 2.32. The largest absolute Gasteiger partial charge is 0.478 e. The molecule has 0 radical (unpaired) electrons. The van der Waals surface area contributed by atoms with Crippen molar-refractivity contribution in [3.8, 4) is 0 Å². The van der Waals surface area contributed by atoms with Gasteiger partial charge in [0.2, 0.25) is 5.66 Å². The summed E-state index contributed by atoms with van der Waals surface area (Å²) in [6.07, 6.45) is -1.16. The summed E-state index contributed by atoms with van der Waals surface area (Å²) in [5, 5.41) is 11.9. The van der Waals surface area contributed by atoms with E-state index in [-0.39, 0.29) is 13.0 Å². The van der Waals surface area contributed by atoms with Gasteiger partial charge in [0, 0.05) is 13.0 Å². The highest BCUT2D eigenvalue weighted by Gasteiger charge is 2.53. The lowest BCUT2D eigenvalue weighted by atomic mass is 10.1. The number of hydrogen-bond acceptors (Lipinski definition) is 5. The molecule has 1 aliphatic rings. The molecular formula is C15H26N2O6. The number of carbonyl (C=O) groups is 3. The fourth-order valence-corrected chi connectivity index (χ4v) is 2.26. The third-order valence-corrected chi connectivity index (χ3v) is 3.06. The first-order valence-electron chi connectivity index (χ1n) is 7.52. The number of carboxylic acids is 1. The van der Waals surface area contributed by atoms with E-state index in [1.54, 1.807) is 41.5 Å². The standard InChI is InChI=1S/C15H26N2O6/c1-13(2,3)22-11(20)16-15(10(18)19)8-7-9-17(15)12(21)23-14(4,5)6/h7-9H2,1-6H3,(H,16,20)(H,18,19)/t15-/m0/s1. The minimum atomic E-state index is -1.86. The Bertz CT molecular complexity index is 491. The molecule has 23 heavy (non-hydrogen) atoms. The Morgan fingerprint density at radius 3 is 2.00 bits per heavy atom. The Kier molecular flexibility index (Phi) is 5.18. The van der Waals surface area contributed by atoms with Crippen molar-refractivity contribution in [2.24, 2.45) is 0 Å². The van der Waals surface area contributed by atoms with Crippen molar-refractivity contribution < 1.29 is 29.0 Å². The van der Waals surface area contributed by atoms with Gasteiger partial charge >= 0.3 is 18.2 Å². The van der Waals surface area contributed by atoms with Crippen LogP contribution in [0.4, 0.5) is 9.59 Å². The second-order valence-electron chi connectivity index (χ2n) is 7.53. The number of rotatable bonds is 2. The summed E-state index contributed by atoms with van der Waals surface area (Å²) in [5.74, 6) is -1.33. The van der Waals surface area contributed by atoms with Crippen molar-refractivity contribution >= 4 is 18.2 Å². The van der Waals surface area contributed by atoms with Gasteiger partial charge in [-0.05, 0) is 48.0 Å². The van der Waals surface area contributed by atoms with Crippen LogP contribution >= 0.6 is 0 Å². The summed E-state index contributed by atoms with van der Waals surface area (Å²) in [6, 6.07) is 0. The molecule has 1 saturated heterocycles. The molecule has 2 amide bonds. The first kappa shape index (κ1) is 19.1. The van der Waals surface area contributed by atoms with E-state index in [0.717, 1.165) is 4.90 Å². The third kappa shape index (κ3) is 5.01. The van der Waals surface area contributed by atoms with Crippen molar-refractivity contribution in [2.45, 2.75) is 71.2 Å². The van der Waals surface area contributed by atoms with Crippen LogP contribution in [-0.2, 0) is 14.3 Å². The normalized spacial score (nSPS) is 21.7. The van der Waals surface area contributed by atoms with Gasteiger partial charge in [-0.2, -0.15) is 0 Å². The number of carbonyl (C=O) groups excluding carboxylic acids is 2. The minimum absolute atomic E-state index is 0.0841. The van der Waals surface area contributed by atoms with Crippen LogP contribution in [-0.4, -0.2) is 51.6 Å². The minimum Gasteiger partial charge on any atom is -0.478 e. The van der Waals surface area contributed by atoms with E-state index in [9.17, 15) is 19.5 Å². The SMILES string of the molecule is CC(C)(C)OC(=O)N[C@@]1(C(=O)O)CCCN1C(=O)OC(C)(C)C. The molecule has 1 rings (SSSR count). The van der Waals surface area contributed by atoms with Gasteiger partial charge in [0.15, 0.2) is 0 Å². The molecule has 0 aliphatic carbocycles. The van der Waals surface area contributed by atoms with E-state index in [1.165, 1.54) is 0 Å². The van der Waals surface area contributed by atoms with Crippen LogP contribution < -0.4 is 5.32 Å². The monoisotopic (exact) mass is 330 g/mol. The number of nitrogens with one attached hydrogen (secondary N) is 1. The van der Waals surface area contributed by atoms with Crippen molar-refractivity contribution in [1.29, 1.82) is 0 Å². The Labute approximate surface area is 136 Å². The number of likely N-dealkylation sites (tertiary alicyclic amines) is 1. The maximum atomic E-state index is 12.3. The van der Waals surface area contributed by atoms with Gasteiger partial charge in [0.25, 0.3) is 0 Å². The lowest BCUT2D eigenvalue weighted by Gasteiger charge is -2.36. The third-order valence-electron chi connectivity index (χ3n) is 3.06. The number of carboxylic acid groups (broad SMARTS) is 1. The Balaban J connectivity index is 3.00. The quantitative estimate of drug-likeness (QED) is 0.805. The molecule has 0 aromatic rings. The molecule has 1 atom stereocenters. The van der Waals surface area contributed by atoms with E-state index in [0.29, 0.717) is 6.42 Å². The molecule has 0 aromatic heterocycles. The summed E-state index contributed by atoms with van der Waals surface area (Å²) in [5.41, 5.74) is -3.40. The molecule has 1 aliphatic heterocycles. The zero-order valence-corrected chi connectivity index (χ0v) is 14.6. The average molecular weight is 330 g/mol. The molecular weight excluding hydrogens is 304 g/mol. The number of hydrogen-bond donors (Lipinski definition) is 2. The molecule has 0 spiro atoms. The zero-order valence-electron chi connectivity index (χ0n) is 14.6. The molecule has 0 aromatic carbocycles. The number of nitrogens with zero attached hydrogens (tertiary/aromatic N) is 1. The molecule has 132 valence electrons. The van der Waals surface area contributed by atoms with Gasteiger partial charge in [-0.25, -0.2) is 14.4 Å². The summed E-state index contributed by atoms with van der Waals surface area (Å²) in [6.45, 7) is 10.2. The van der Waals surface area contributed by atoms with Gasteiger partial charge in [0.05, 0.1) is 0 Å². The molecule has 1 fully saturated rings. The average Bonchev–Trinajstić information content (AvgIpc) is 2.68. The summed E-state index contributed by atoms with van der Waals surface area (Å²) < 4.78 is 10.4. The highest BCUT2D eigenvalue weighted by atomic mass is 16.6. The van der Waals surface area contributed by atoms with Gasteiger partial charge in [-0.15, -0.1) is 0 Å². The van der Waals surface area contributed by atoms with E-state index >= 15 is 0 Å². The predicted molar refractivity (Wildman–Crippen MR) is 81.9 cm³/mol. The molecule has 0 bridgehead atoms. The van der Waals surface area contributed by atoms with Gasteiger partial charge in [-0.3, -0.25) is 10.2 Å². The smallest absolute Gasteiger partial charge is 0.412 e. The molecule has 0 unspecified atom stereocenters. The molecule has 2 N–H and O–H groups in total.